The Bertz CT molecular complexity index is 59.2. The first-order chi connectivity index (χ1) is 1.73. The molecule has 6 heteroatoms. The van der Waals surface area contributed by atoms with Crippen LogP contribution < -0.4 is 0 Å². The van der Waals surface area contributed by atoms with Crippen molar-refractivity contribution >= 4 is 36.5 Å². The van der Waals surface area contributed by atoms with Gasteiger partial charge in [0.1, 0.15) is 0 Å². The summed E-state index contributed by atoms with van der Waals surface area (Å²) in [4.78, 5) is 0. The van der Waals surface area contributed by atoms with Crippen molar-refractivity contribution in [3.63, 3.8) is 0 Å². The average molecular weight is 185 g/mol. The van der Waals surface area contributed by atoms with E-state index in [1.807, 2.05) is 0 Å². The third-order valence-electron chi connectivity index (χ3n) is 0. The summed E-state index contributed by atoms with van der Waals surface area (Å²) in [6.07, 6.45) is 0. The van der Waals surface area contributed by atoms with E-state index in [1.54, 1.807) is 0 Å². The van der Waals surface area contributed by atoms with E-state index in [9.17, 15) is 0 Å². The topological polar surface area (TPSA) is 54.4 Å². The van der Waals surface area contributed by atoms with Gasteiger partial charge in [-0.3, -0.25) is 0 Å². The van der Waals surface area contributed by atoms with Crippen LogP contribution in [0.4, 0.5) is 0 Å². The predicted octanol–water partition coefficient (Wildman–Crippen LogP) is -2.90. The molecule has 0 rings (SSSR count). The molecule has 1 N–H and O–H groups in total. The van der Waals surface area contributed by atoms with E-state index in [1.165, 1.54) is 0 Å². The van der Waals surface area contributed by atoms with E-state index in [2.05, 4.69) is 0 Å². The predicted molar refractivity (Wildman–Crippen MR) is 22.1 cm³/mol. The summed E-state index contributed by atoms with van der Waals surface area (Å²) in [5, 5.41) is 0. The molecule has 0 aromatic rings. The SMILES string of the molecule is [GeH4].[LiH].[O]=[V](=[O])[OH]. The van der Waals surface area contributed by atoms with Crippen molar-refractivity contribution in [3.05, 3.63) is 0 Å². The maximum atomic E-state index is 8.67. The Hall–Kier alpha value is 1.28. The standard InChI is InChI=1S/GeH4.Li.H2O.2O.V.H/h1H4;;1H2;;;;/q;;;;;+1;/p-1. The van der Waals surface area contributed by atoms with Gasteiger partial charge < -0.3 is 0 Å². The first-order valence-corrected chi connectivity index (χ1v) is 2.33. The van der Waals surface area contributed by atoms with Gasteiger partial charge in [0.25, 0.3) is 0 Å². The van der Waals surface area contributed by atoms with Gasteiger partial charge in [0.05, 0.1) is 0 Å². The van der Waals surface area contributed by atoms with Crippen molar-refractivity contribution in [1.82, 2.24) is 0 Å². The molecule has 0 unspecified atom stereocenters. The molecule has 0 aromatic carbocycles. The van der Waals surface area contributed by atoms with E-state index >= 15 is 0 Å². The molecule has 34 valence electrons. The van der Waals surface area contributed by atoms with Gasteiger partial charge in [0, 0.05) is 0 Å². The van der Waals surface area contributed by atoms with Gasteiger partial charge in [-0.05, 0) is 0 Å². The Morgan fingerprint density at radius 2 is 1.33 bits per heavy atom. The van der Waals surface area contributed by atoms with E-state index < -0.39 is 15.4 Å². The van der Waals surface area contributed by atoms with Crippen LogP contribution in [0.15, 0.2) is 0 Å². The van der Waals surface area contributed by atoms with Crippen molar-refractivity contribution in [1.29, 1.82) is 0 Å². The van der Waals surface area contributed by atoms with E-state index in [0.717, 1.165) is 0 Å². The Morgan fingerprint density at radius 3 is 1.33 bits per heavy atom. The number of hydrogen-bond acceptors (Lipinski definition) is 2. The molecular formula is H6GeLiO3V. The molecule has 0 bridgehead atoms. The summed E-state index contributed by atoms with van der Waals surface area (Å²) in [6, 6.07) is 0. The summed E-state index contributed by atoms with van der Waals surface area (Å²) in [5.74, 6) is 0. The molecule has 0 aliphatic rings. The van der Waals surface area contributed by atoms with Gasteiger partial charge in [-0.1, -0.05) is 0 Å². The van der Waals surface area contributed by atoms with Crippen molar-refractivity contribution < 1.29 is 26.8 Å². The molecule has 0 aromatic heterocycles. The Kier molecular flexibility index (Phi) is 25.0. The molecular weight excluding hydrogens is 178 g/mol. The second-order valence-electron chi connectivity index (χ2n) is 0.238. The molecule has 0 saturated heterocycles. The quantitative estimate of drug-likeness (QED) is 0.411. The molecule has 0 fully saturated rings. The van der Waals surface area contributed by atoms with Gasteiger partial charge in [0.2, 0.25) is 0 Å². The Balaban J connectivity index is -0.0000000450. The molecule has 0 radical (unpaired) electrons. The fourth-order valence-electron chi connectivity index (χ4n) is 0. The first kappa shape index (κ1) is 15.7. The zero-order valence-corrected chi connectivity index (χ0v) is 3.11. The zero-order valence-electron chi connectivity index (χ0n) is 1.71. The molecule has 3 nitrogen and oxygen atoms in total. The van der Waals surface area contributed by atoms with Crippen LogP contribution >= 0.6 is 0 Å². The Morgan fingerprint density at radius 1 is 1.33 bits per heavy atom. The summed E-state index contributed by atoms with van der Waals surface area (Å²) in [5.41, 5.74) is 0. The number of rotatable bonds is 0. The molecule has 6 heavy (non-hydrogen) atoms. The summed E-state index contributed by atoms with van der Waals surface area (Å²) in [7, 11) is 0. The minimum absolute atomic E-state index is 0. The fourth-order valence-corrected chi connectivity index (χ4v) is 0. The molecule has 0 spiro atoms. The van der Waals surface area contributed by atoms with Crippen molar-refractivity contribution in [2.24, 2.45) is 0 Å². The zero-order chi connectivity index (χ0) is 3.58. The molecule has 0 aliphatic carbocycles. The van der Waals surface area contributed by atoms with Gasteiger partial charge in [0.15, 0.2) is 0 Å². The molecule has 0 amide bonds. The van der Waals surface area contributed by atoms with Gasteiger partial charge >= 0.3 is 63.2 Å². The van der Waals surface area contributed by atoms with Crippen LogP contribution in [0, 0.1) is 0 Å². The maximum absolute atomic E-state index is 8.67. The van der Waals surface area contributed by atoms with Gasteiger partial charge in [-0.25, -0.2) is 0 Å². The van der Waals surface area contributed by atoms with E-state index in [0.29, 0.717) is 0 Å². The van der Waals surface area contributed by atoms with Crippen molar-refractivity contribution in [3.8, 4) is 0 Å². The third kappa shape index (κ3) is 58.8. The van der Waals surface area contributed by atoms with Crippen LogP contribution in [-0.2, 0) is 22.7 Å². The van der Waals surface area contributed by atoms with Gasteiger partial charge in [-0.2, -0.15) is 0 Å². The summed E-state index contributed by atoms with van der Waals surface area (Å²) >= 11 is -3.69. The van der Waals surface area contributed by atoms with Crippen molar-refractivity contribution in [2.75, 3.05) is 0 Å². The minimum atomic E-state index is -3.69. The van der Waals surface area contributed by atoms with Crippen molar-refractivity contribution in [2.45, 2.75) is 0 Å². The van der Waals surface area contributed by atoms with Crippen LogP contribution in [0.3, 0.4) is 0 Å². The first-order valence-electron chi connectivity index (χ1n) is 0.565. The average Bonchev–Trinajstić information content (AvgIpc) is 0.811. The number of hydrogen-bond donors (Lipinski definition) is 1. The van der Waals surface area contributed by atoms with Gasteiger partial charge in [-0.15, -0.1) is 0 Å². The van der Waals surface area contributed by atoms with Crippen LogP contribution in [0.1, 0.15) is 0 Å². The van der Waals surface area contributed by atoms with E-state index in [4.69, 9.17) is 11.4 Å². The fraction of sp³-hybridized carbons (Fsp3) is 0. The van der Waals surface area contributed by atoms with Crippen LogP contribution in [0.5, 0.6) is 0 Å². The summed E-state index contributed by atoms with van der Waals surface area (Å²) < 4.78 is 24.4. The second kappa shape index (κ2) is 9.56. The molecule has 0 saturated carbocycles. The van der Waals surface area contributed by atoms with Crippen LogP contribution in [-0.4, -0.2) is 40.5 Å². The molecule has 0 heterocycles. The summed E-state index contributed by atoms with van der Waals surface area (Å²) in [6.45, 7) is 0. The molecule has 0 aliphatic heterocycles. The monoisotopic (exact) mass is 186 g/mol. The van der Waals surface area contributed by atoms with Crippen LogP contribution in [0.2, 0.25) is 0 Å². The van der Waals surface area contributed by atoms with Crippen LogP contribution in [0.25, 0.3) is 0 Å². The Labute approximate surface area is 63.0 Å². The third-order valence-corrected chi connectivity index (χ3v) is 0. The molecule has 0 atom stereocenters. The second-order valence-corrected chi connectivity index (χ2v) is 0.981. The van der Waals surface area contributed by atoms with E-state index in [-0.39, 0.29) is 36.5 Å². The normalized spacial score (nSPS) is 4.17.